The molecule has 6 nitrogen and oxygen atoms in total. The highest BCUT2D eigenvalue weighted by atomic mass is 16.3. The minimum Gasteiger partial charge on any atom is -0.396 e. The van der Waals surface area contributed by atoms with Crippen LogP contribution in [-0.4, -0.2) is 41.7 Å². The lowest BCUT2D eigenvalue weighted by molar-refractivity contribution is -0.122. The Labute approximate surface area is 149 Å². The average Bonchev–Trinajstić information content (AvgIpc) is 2.98. The Bertz CT molecular complexity index is 651. The molecule has 25 heavy (non-hydrogen) atoms. The van der Waals surface area contributed by atoms with Gasteiger partial charge in [0.1, 0.15) is 11.9 Å². The van der Waals surface area contributed by atoms with E-state index < -0.39 is 0 Å². The standard InChI is InChI=1S/C19H28N4O2/c1-12(2)15-10-23(11-17(15)21-18(25)7-8-24)19-14(9-20)5-6-16(22-19)13(3)4/h5-6,12-13,15,17,24H,7-8,10-11H2,1-4H3,(H,21,25)/t15-,17+/m0/s1. The molecule has 1 amide bonds. The number of rotatable bonds is 6. The van der Waals surface area contributed by atoms with Gasteiger partial charge in [-0.2, -0.15) is 5.26 Å². The van der Waals surface area contributed by atoms with Crippen LogP contribution in [0.25, 0.3) is 0 Å². The number of amides is 1. The highest BCUT2D eigenvalue weighted by Gasteiger charge is 2.37. The summed E-state index contributed by atoms with van der Waals surface area (Å²) in [5, 5.41) is 21.4. The predicted molar refractivity (Wildman–Crippen MR) is 97.2 cm³/mol. The molecule has 2 atom stereocenters. The fourth-order valence-corrected chi connectivity index (χ4v) is 3.32. The van der Waals surface area contributed by atoms with E-state index in [1.165, 1.54) is 0 Å². The predicted octanol–water partition coefficient (Wildman–Crippen LogP) is 2.04. The van der Waals surface area contributed by atoms with Crippen molar-refractivity contribution in [2.24, 2.45) is 11.8 Å². The number of hydrogen-bond acceptors (Lipinski definition) is 5. The summed E-state index contributed by atoms with van der Waals surface area (Å²) in [5.41, 5.74) is 1.53. The fourth-order valence-electron chi connectivity index (χ4n) is 3.32. The van der Waals surface area contributed by atoms with E-state index in [2.05, 4.69) is 44.0 Å². The van der Waals surface area contributed by atoms with E-state index >= 15 is 0 Å². The van der Waals surface area contributed by atoms with Gasteiger partial charge in [-0.3, -0.25) is 4.79 Å². The van der Waals surface area contributed by atoms with Crippen molar-refractivity contribution in [2.75, 3.05) is 24.6 Å². The molecule has 1 aliphatic heterocycles. The van der Waals surface area contributed by atoms with Crippen LogP contribution in [0.2, 0.25) is 0 Å². The first-order chi connectivity index (χ1) is 11.9. The lowest BCUT2D eigenvalue weighted by atomic mass is 9.91. The molecule has 0 aliphatic carbocycles. The number of nitrogens with zero attached hydrogens (tertiary/aromatic N) is 3. The van der Waals surface area contributed by atoms with Gasteiger partial charge in [0.25, 0.3) is 0 Å². The second-order valence-electron chi connectivity index (χ2n) is 7.33. The molecule has 2 heterocycles. The molecule has 136 valence electrons. The second-order valence-corrected chi connectivity index (χ2v) is 7.33. The molecule has 2 rings (SSSR count). The van der Waals surface area contributed by atoms with Gasteiger partial charge in [-0.05, 0) is 24.0 Å². The quantitative estimate of drug-likeness (QED) is 0.824. The van der Waals surface area contributed by atoms with E-state index in [-0.39, 0.29) is 36.8 Å². The van der Waals surface area contributed by atoms with Crippen molar-refractivity contribution in [3.8, 4) is 6.07 Å². The van der Waals surface area contributed by atoms with Gasteiger partial charge in [-0.1, -0.05) is 27.7 Å². The smallest absolute Gasteiger partial charge is 0.222 e. The molecule has 1 aromatic heterocycles. The minimum atomic E-state index is -0.148. The summed E-state index contributed by atoms with van der Waals surface area (Å²) in [4.78, 5) is 18.7. The summed E-state index contributed by atoms with van der Waals surface area (Å²) < 4.78 is 0. The number of anilines is 1. The van der Waals surface area contributed by atoms with Crippen molar-refractivity contribution in [1.82, 2.24) is 10.3 Å². The zero-order chi connectivity index (χ0) is 18.6. The first kappa shape index (κ1) is 19.2. The van der Waals surface area contributed by atoms with Gasteiger partial charge in [0, 0.05) is 31.1 Å². The van der Waals surface area contributed by atoms with Crippen molar-refractivity contribution >= 4 is 11.7 Å². The number of nitriles is 1. The molecule has 1 aliphatic rings. The van der Waals surface area contributed by atoms with Crippen molar-refractivity contribution in [1.29, 1.82) is 5.26 Å². The molecule has 0 saturated carbocycles. The van der Waals surface area contributed by atoms with E-state index in [9.17, 15) is 10.1 Å². The van der Waals surface area contributed by atoms with E-state index in [1.807, 2.05) is 12.1 Å². The molecule has 1 saturated heterocycles. The van der Waals surface area contributed by atoms with Gasteiger partial charge in [0.2, 0.25) is 5.91 Å². The Kier molecular flexibility index (Phi) is 6.38. The molecule has 0 spiro atoms. The Morgan fingerprint density at radius 2 is 2.12 bits per heavy atom. The van der Waals surface area contributed by atoms with Crippen LogP contribution in [0.1, 0.15) is 51.3 Å². The Hall–Kier alpha value is -2.13. The number of nitrogens with one attached hydrogen (secondary N) is 1. The van der Waals surface area contributed by atoms with Gasteiger partial charge in [0.05, 0.1) is 18.2 Å². The largest absolute Gasteiger partial charge is 0.396 e. The van der Waals surface area contributed by atoms with Gasteiger partial charge >= 0.3 is 0 Å². The maximum absolute atomic E-state index is 11.9. The lowest BCUT2D eigenvalue weighted by Gasteiger charge is -2.22. The van der Waals surface area contributed by atoms with Gasteiger partial charge in [0.15, 0.2) is 0 Å². The Morgan fingerprint density at radius 3 is 2.68 bits per heavy atom. The molecule has 1 fully saturated rings. The highest BCUT2D eigenvalue weighted by Crippen LogP contribution is 2.30. The Morgan fingerprint density at radius 1 is 1.40 bits per heavy atom. The molecular weight excluding hydrogens is 316 g/mol. The monoisotopic (exact) mass is 344 g/mol. The van der Waals surface area contributed by atoms with Crippen molar-refractivity contribution < 1.29 is 9.90 Å². The third-order valence-electron chi connectivity index (χ3n) is 4.81. The van der Waals surface area contributed by atoms with E-state index in [0.717, 1.165) is 12.2 Å². The van der Waals surface area contributed by atoms with Crippen LogP contribution in [-0.2, 0) is 4.79 Å². The molecule has 0 radical (unpaired) electrons. The number of aromatic nitrogens is 1. The number of aliphatic hydroxyl groups excluding tert-OH is 1. The van der Waals surface area contributed by atoms with Crippen LogP contribution in [0, 0.1) is 23.2 Å². The van der Waals surface area contributed by atoms with Crippen LogP contribution in [0.3, 0.4) is 0 Å². The maximum atomic E-state index is 11.9. The van der Waals surface area contributed by atoms with Crippen LogP contribution in [0.4, 0.5) is 5.82 Å². The third-order valence-corrected chi connectivity index (χ3v) is 4.81. The SMILES string of the molecule is CC(C)c1ccc(C#N)c(N2C[C@@H](NC(=O)CCO)[C@H](C(C)C)C2)n1. The fraction of sp³-hybridized carbons (Fsp3) is 0.632. The Balaban J connectivity index is 2.27. The number of hydrogen-bond donors (Lipinski definition) is 2. The summed E-state index contributed by atoms with van der Waals surface area (Å²) in [6.45, 7) is 9.68. The number of carbonyl (C=O) groups excluding carboxylic acids is 1. The van der Waals surface area contributed by atoms with E-state index in [0.29, 0.717) is 23.8 Å². The van der Waals surface area contributed by atoms with E-state index in [1.54, 1.807) is 0 Å². The molecule has 0 unspecified atom stereocenters. The van der Waals surface area contributed by atoms with Crippen LogP contribution in [0.5, 0.6) is 0 Å². The van der Waals surface area contributed by atoms with Gasteiger partial charge < -0.3 is 15.3 Å². The normalized spacial score (nSPS) is 20.2. The molecule has 0 bridgehead atoms. The number of pyridine rings is 1. The van der Waals surface area contributed by atoms with Crippen molar-refractivity contribution in [2.45, 2.75) is 46.1 Å². The topological polar surface area (TPSA) is 89.2 Å². The molecule has 2 N–H and O–H groups in total. The van der Waals surface area contributed by atoms with Gasteiger partial charge in [-0.25, -0.2) is 4.98 Å². The first-order valence-corrected chi connectivity index (χ1v) is 8.93. The van der Waals surface area contributed by atoms with Crippen LogP contribution >= 0.6 is 0 Å². The molecule has 0 aromatic carbocycles. The lowest BCUT2D eigenvalue weighted by Crippen LogP contribution is -2.42. The van der Waals surface area contributed by atoms with E-state index in [4.69, 9.17) is 10.1 Å². The zero-order valence-electron chi connectivity index (χ0n) is 15.5. The summed E-state index contributed by atoms with van der Waals surface area (Å²) in [7, 11) is 0. The summed E-state index contributed by atoms with van der Waals surface area (Å²) >= 11 is 0. The van der Waals surface area contributed by atoms with Crippen molar-refractivity contribution in [3.05, 3.63) is 23.4 Å². The summed E-state index contributed by atoms with van der Waals surface area (Å²) in [5.74, 6) is 1.53. The zero-order valence-corrected chi connectivity index (χ0v) is 15.5. The molecule has 1 aromatic rings. The van der Waals surface area contributed by atoms with Crippen LogP contribution in [0.15, 0.2) is 12.1 Å². The average molecular weight is 344 g/mol. The molecule has 6 heteroatoms. The van der Waals surface area contributed by atoms with Gasteiger partial charge in [-0.15, -0.1) is 0 Å². The minimum absolute atomic E-state index is 0.00454. The molecular formula is C19H28N4O2. The summed E-state index contributed by atoms with van der Waals surface area (Å²) in [6, 6.07) is 5.97. The maximum Gasteiger partial charge on any atom is 0.222 e. The third kappa shape index (κ3) is 4.49. The number of aliphatic hydroxyl groups is 1. The van der Waals surface area contributed by atoms with Crippen LogP contribution < -0.4 is 10.2 Å². The summed E-state index contributed by atoms with van der Waals surface area (Å²) in [6.07, 6.45) is 0.117. The second kappa shape index (κ2) is 8.30. The van der Waals surface area contributed by atoms with Crippen molar-refractivity contribution in [3.63, 3.8) is 0 Å². The first-order valence-electron chi connectivity index (χ1n) is 8.93. The number of carbonyl (C=O) groups is 1. The highest BCUT2D eigenvalue weighted by molar-refractivity contribution is 5.76.